The number of aromatic nitrogens is 1. The van der Waals surface area contributed by atoms with Crippen LogP contribution in [-0.2, 0) is 5.41 Å². The molecule has 0 saturated heterocycles. The highest BCUT2D eigenvalue weighted by Gasteiger charge is 2.39. The fourth-order valence-electron chi connectivity index (χ4n) is 8.69. The van der Waals surface area contributed by atoms with Crippen molar-refractivity contribution in [1.29, 1.82) is 0 Å². The average molecular weight is 646 g/mol. The topological polar surface area (TPSA) is 45.9 Å². The van der Waals surface area contributed by atoms with Gasteiger partial charge in [0.05, 0.1) is 16.6 Å². The molecule has 2 heterocycles. The van der Waals surface area contributed by atoms with Gasteiger partial charge in [-0.25, -0.2) is 10.3 Å². The van der Waals surface area contributed by atoms with Gasteiger partial charge in [-0.2, -0.15) is 0 Å². The first-order valence-electron chi connectivity index (χ1n) is 17.6. The molecule has 7 aromatic carbocycles. The Hall–Kier alpha value is -5.81. The van der Waals surface area contributed by atoms with Crippen LogP contribution in [0.15, 0.2) is 163 Å². The van der Waals surface area contributed by atoms with Gasteiger partial charge >= 0.3 is 0 Å². The Bertz CT molecular complexity index is 2610. The summed E-state index contributed by atoms with van der Waals surface area (Å²) in [6.45, 7) is 4.78. The van der Waals surface area contributed by atoms with Gasteiger partial charge in [-0.1, -0.05) is 141 Å². The fraction of sp³-hybridized carbons (Fsp3) is 0.109. The van der Waals surface area contributed by atoms with Crippen LogP contribution >= 0.6 is 0 Å². The minimum atomic E-state index is -0.185. The molecule has 1 aromatic heterocycles. The SMILES string of the molecule is CC1(C)c2ccccc2-c2c1c1ccccc1c1c2c2ccccc2n1-c1ccc(C2N=C(c3ccccc3)[NH2+]C(c3ccccc3)N2)cc1. The van der Waals surface area contributed by atoms with Crippen molar-refractivity contribution < 1.29 is 5.32 Å². The third-order valence-electron chi connectivity index (χ3n) is 10.9. The molecule has 2 aliphatic rings. The predicted molar refractivity (Wildman–Crippen MR) is 206 cm³/mol. The number of benzene rings is 7. The molecule has 10 rings (SSSR count). The van der Waals surface area contributed by atoms with Gasteiger partial charge in [0.2, 0.25) is 5.84 Å². The van der Waals surface area contributed by atoms with Gasteiger partial charge in [0.25, 0.3) is 0 Å². The van der Waals surface area contributed by atoms with E-state index in [0.717, 1.165) is 22.6 Å². The Morgan fingerprint density at radius 2 is 1.26 bits per heavy atom. The molecule has 0 amide bonds. The summed E-state index contributed by atoms with van der Waals surface area (Å²) >= 11 is 0. The normalized spacial score (nSPS) is 17.9. The smallest absolute Gasteiger partial charge is 0.230 e. The number of nitrogens with one attached hydrogen (secondary N) is 1. The maximum Gasteiger partial charge on any atom is 0.230 e. The average Bonchev–Trinajstić information content (AvgIpc) is 3.65. The molecular formula is C46H37N4+. The van der Waals surface area contributed by atoms with Crippen molar-refractivity contribution >= 4 is 38.4 Å². The summed E-state index contributed by atoms with van der Waals surface area (Å²) in [5, 5.41) is 11.3. The second-order valence-electron chi connectivity index (χ2n) is 14.1. The Labute approximate surface area is 291 Å². The first kappa shape index (κ1) is 29.1. The van der Waals surface area contributed by atoms with Gasteiger partial charge in [-0.15, -0.1) is 0 Å². The van der Waals surface area contributed by atoms with Crippen molar-refractivity contribution in [2.45, 2.75) is 31.6 Å². The summed E-state index contributed by atoms with van der Waals surface area (Å²) in [5.41, 5.74) is 12.6. The molecule has 0 spiro atoms. The quantitative estimate of drug-likeness (QED) is 0.197. The highest BCUT2D eigenvalue weighted by Crippen LogP contribution is 2.56. The summed E-state index contributed by atoms with van der Waals surface area (Å²) in [6.07, 6.45) is -0.137. The van der Waals surface area contributed by atoms with E-state index in [1.165, 1.54) is 60.4 Å². The van der Waals surface area contributed by atoms with Gasteiger partial charge < -0.3 is 4.57 Å². The standard InChI is InChI=1S/C46H36N4/c1-46(2)37-23-13-11-21-35(37)39-40-36-22-12-14-24-38(36)50(42(40)34-20-10-9-19-33(34)41(39)46)32-27-25-31(26-28-32)45-48-43(29-15-5-3-6-16-29)47-44(49-45)30-17-7-4-8-18-30/h3-28,43,45,48H,1-2H3,(H,47,49)/p+1. The lowest BCUT2D eigenvalue weighted by Gasteiger charge is -2.28. The van der Waals surface area contributed by atoms with Crippen LogP contribution in [0.25, 0.3) is 49.4 Å². The summed E-state index contributed by atoms with van der Waals surface area (Å²) in [4.78, 5) is 5.25. The van der Waals surface area contributed by atoms with Crippen LogP contribution in [-0.4, -0.2) is 10.4 Å². The van der Waals surface area contributed by atoms with E-state index in [9.17, 15) is 0 Å². The van der Waals surface area contributed by atoms with Crippen molar-refractivity contribution in [3.8, 4) is 16.8 Å². The number of amidine groups is 1. The number of fused-ring (bicyclic) bond motifs is 10. The molecule has 4 nitrogen and oxygen atoms in total. The molecule has 4 heteroatoms. The summed E-state index contributed by atoms with van der Waals surface area (Å²) in [6, 6.07) is 57.2. The fourth-order valence-corrected chi connectivity index (χ4v) is 8.69. The van der Waals surface area contributed by atoms with Crippen LogP contribution in [0.1, 0.15) is 54.0 Å². The maximum absolute atomic E-state index is 5.25. The molecule has 2 unspecified atom stereocenters. The Morgan fingerprint density at radius 3 is 2.04 bits per heavy atom. The number of quaternary nitrogens is 1. The van der Waals surface area contributed by atoms with E-state index < -0.39 is 0 Å². The first-order chi connectivity index (χ1) is 24.6. The highest BCUT2D eigenvalue weighted by atomic mass is 15.3. The Morgan fingerprint density at radius 1 is 0.620 bits per heavy atom. The predicted octanol–water partition coefficient (Wildman–Crippen LogP) is 9.55. The van der Waals surface area contributed by atoms with Crippen LogP contribution in [0.5, 0.6) is 0 Å². The zero-order chi connectivity index (χ0) is 33.4. The Kier molecular flexibility index (Phi) is 6.47. The second kappa shape index (κ2) is 11.1. The van der Waals surface area contributed by atoms with Crippen LogP contribution < -0.4 is 10.6 Å². The number of hydrogen-bond donors (Lipinski definition) is 2. The van der Waals surface area contributed by atoms with Crippen molar-refractivity contribution in [1.82, 2.24) is 9.88 Å². The monoisotopic (exact) mass is 645 g/mol. The molecule has 0 saturated carbocycles. The minimum absolute atomic E-state index is 0.0477. The third kappa shape index (κ3) is 4.29. The van der Waals surface area contributed by atoms with E-state index in [-0.39, 0.29) is 17.7 Å². The molecule has 240 valence electrons. The first-order valence-corrected chi connectivity index (χ1v) is 17.6. The molecule has 1 aliphatic carbocycles. The van der Waals surface area contributed by atoms with Gasteiger partial charge in [0, 0.05) is 32.8 Å². The molecular weight excluding hydrogens is 609 g/mol. The van der Waals surface area contributed by atoms with E-state index in [4.69, 9.17) is 4.99 Å². The maximum atomic E-state index is 5.25. The lowest BCUT2D eigenvalue weighted by atomic mass is 9.79. The van der Waals surface area contributed by atoms with E-state index in [2.05, 4.69) is 187 Å². The van der Waals surface area contributed by atoms with E-state index >= 15 is 0 Å². The molecule has 8 aromatic rings. The van der Waals surface area contributed by atoms with Crippen molar-refractivity contribution in [2.24, 2.45) is 4.99 Å². The van der Waals surface area contributed by atoms with Crippen LogP contribution in [0, 0.1) is 0 Å². The molecule has 1 aliphatic heterocycles. The molecule has 3 N–H and O–H groups in total. The number of nitrogens with zero attached hydrogens (tertiary/aromatic N) is 2. The molecule has 0 radical (unpaired) electrons. The van der Waals surface area contributed by atoms with Gasteiger partial charge in [-0.3, -0.25) is 5.32 Å². The van der Waals surface area contributed by atoms with E-state index in [1.807, 2.05) is 0 Å². The van der Waals surface area contributed by atoms with E-state index in [0.29, 0.717) is 0 Å². The molecule has 0 fully saturated rings. The van der Waals surface area contributed by atoms with Crippen LogP contribution in [0.3, 0.4) is 0 Å². The number of nitrogens with two attached hydrogens (primary N) is 1. The number of hydrogen-bond acceptors (Lipinski definition) is 2. The van der Waals surface area contributed by atoms with Crippen LogP contribution in [0.2, 0.25) is 0 Å². The van der Waals surface area contributed by atoms with Crippen molar-refractivity contribution in [3.63, 3.8) is 0 Å². The third-order valence-corrected chi connectivity index (χ3v) is 10.9. The zero-order valence-electron chi connectivity index (χ0n) is 28.1. The number of para-hydroxylation sites is 1. The van der Waals surface area contributed by atoms with Gasteiger partial charge in [0.1, 0.15) is 6.17 Å². The van der Waals surface area contributed by atoms with Crippen LogP contribution in [0.4, 0.5) is 0 Å². The number of rotatable bonds is 4. The second-order valence-corrected chi connectivity index (χ2v) is 14.1. The zero-order valence-corrected chi connectivity index (χ0v) is 28.1. The highest BCUT2D eigenvalue weighted by molar-refractivity contribution is 6.26. The summed E-state index contributed by atoms with van der Waals surface area (Å²) in [7, 11) is 0. The molecule has 0 bridgehead atoms. The number of aliphatic imine (C=N–C) groups is 1. The summed E-state index contributed by atoms with van der Waals surface area (Å²) < 4.78 is 2.48. The van der Waals surface area contributed by atoms with Gasteiger partial charge in [-0.05, 0) is 63.5 Å². The largest absolute Gasteiger partial charge is 0.309 e. The van der Waals surface area contributed by atoms with Crippen molar-refractivity contribution in [2.75, 3.05) is 0 Å². The van der Waals surface area contributed by atoms with Crippen molar-refractivity contribution in [3.05, 3.63) is 186 Å². The molecule has 2 atom stereocenters. The lowest BCUT2D eigenvalue weighted by Crippen LogP contribution is -2.93. The van der Waals surface area contributed by atoms with E-state index in [1.54, 1.807) is 0 Å². The minimum Gasteiger partial charge on any atom is -0.309 e. The Balaban J connectivity index is 1.17. The summed E-state index contributed by atoms with van der Waals surface area (Å²) in [5.74, 6) is 1.01. The molecule has 50 heavy (non-hydrogen) atoms. The van der Waals surface area contributed by atoms with Gasteiger partial charge in [0.15, 0.2) is 6.17 Å². The lowest BCUT2D eigenvalue weighted by molar-refractivity contribution is -0.600.